The molecular formula is C19H31N3O2. The summed E-state index contributed by atoms with van der Waals surface area (Å²) in [4.78, 5) is 23.8. The molecule has 1 rings (SSSR count). The van der Waals surface area contributed by atoms with Crippen molar-refractivity contribution in [2.45, 2.75) is 59.0 Å². The van der Waals surface area contributed by atoms with E-state index < -0.39 is 12.1 Å². The molecule has 0 aliphatic rings. The standard InChI is InChI=1S/C19H31N3O2/c1-5-6-11-21-16-9-7-15(8-10-16)12-17(20)19(24)22-18(13(2)3)14(4)23/h7-10,13,17-18,21H,5-6,11-12,20H2,1-4H3,(H,22,24). The zero-order chi connectivity index (χ0) is 18.1. The number of carbonyl (C=O) groups is 2. The van der Waals surface area contributed by atoms with Crippen molar-refractivity contribution in [2.24, 2.45) is 11.7 Å². The lowest BCUT2D eigenvalue weighted by Gasteiger charge is -2.22. The highest BCUT2D eigenvalue weighted by atomic mass is 16.2. The summed E-state index contributed by atoms with van der Waals surface area (Å²) in [7, 11) is 0. The molecule has 0 aliphatic carbocycles. The largest absolute Gasteiger partial charge is 0.385 e. The van der Waals surface area contributed by atoms with Gasteiger partial charge in [-0.2, -0.15) is 0 Å². The number of carbonyl (C=O) groups excluding carboxylic acids is 2. The predicted octanol–water partition coefficient (Wildman–Crippen LogP) is 2.50. The van der Waals surface area contributed by atoms with Crippen LogP contribution >= 0.6 is 0 Å². The number of hydrogen-bond acceptors (Lipinski definition) is 4. The Bertz CT molecular complexity index is 526. The van der Waals surface area contributed by atoms with Crippen molar-refractivity contribution in [3.63, 3.8) is 0 Å². The minimum atomic E-state index is -0.662. The van der Waals surface area contributed by atoms with E-state index in [0.29, 0.717) is 6.42 Å². The monoisotopic (exact) mass is 333 g/mol. The minimum absolute atomic E-state index is 0.0481. The molecule has 0 spiro atoms. The van der Waals surface area contributed by atoms with Crippen LogP contribution in [-0.4, -0.2) is 30.3 Å². The Kier molecular flexibility index (Phi) is 8.47. The van der Waals surface area contributed by atoms with Gasteiger partial charge in [0, 0.05) is 12.2 Å². The fourth-order valence-corrected chi connectivity index (χ4v) is 2.51. The second-order valence-corrected chi connectivity index (χ2v) is 6.63. The van der Waals surface area contributed by atoms with Crippen LogP contribution in [0.5, 0.6) is 0 Å². The molecule has 134 valence electrons. The topological polar surface area (TPSA) is 84.2 Å². The van der Waals surface area contributed by atoms with E-state index in [4.69, 9.17) is 5.73 Å². The normalized spacial score (nSPS) is 13.4. The first kappa shape index (κ1) is 20.2. The number of anilines is 1. The molecule has 0 radical (unpaired) electrons. The molecule has 0 aromatic heterocycles. The molecule has 2 atom stereocenters. The molecule has 0 saturated heterocycles. The second kappa shape index (κ2) is 10.1. The van der Waals surface area contributed by atoms with Crippen LogP contribution < -0.4 is 16.4 Å². The number of hydrogen-bond donors (Lipinski definition) is 3. The minimum Gasteiger partial charge on any atom is -0.385 e. The van der Waals surface area contributed by atoms with E-state index in [0.717, 1.165) is 30.6 Å². The summed E-state index contributed by atoms with van der Waals surface area (Å²) in [6.07, 6.45) is 2.75. The lowest BCUT2D eigenvalue weighted by molar-refractivity contribution is -0.128. The third kappa shape index (κ3) is 6.71. The Hall–Kier alpha value is -1.88. The van der Waals surface area contributed by atoms with Crippen molar-refractivity contribution >= 4 is 17.4 Å². The molecular weight excluding hydrogens is 302 g/mol. The molecule has 0 fully saturated rings. The van der Waals surface area contributed by atoms with Gasteiger partial charge in [-0.25, -0.2) is 0 Å². The average Bonchev–Trinajstić information content (AvgIpc) is 2.53. The predicted molar refractivity (Wildman–Crippen MR) is 99.0 cm³/mol. The summed E-state index contributed by atoms with van der Waals surface area (Å²) in [6, 6.07) is 6.82. The van der Waals surface area contributed by atoms with Gasteiger partial charge in [0.05, 0.1) is 12.1 Å². The van der Waals surface area contributed by atoms with Gasteiger partial charge in [-0.1, -0.05) is 39.3 Å². The van der Waals surface area contributed by atoms with Crippen molar-refractivity contribution < 1.29 is 9.59 Å². The van der Waals surface area contributed by atoms with Gasteiger partial charge >= 0.3 is 0 Å². The van der Waals surface area contributed by atoms with E-state index in [9.17, 15) is 9.59 Å². The van der Waals surface area contributed by atoms with E-state index in [-0.39, 0.29) is 17.6 Å². The third-order valence-electron chi connectivity index (χ3n) is 4.01. The van der Waals surface area contributed by atoms with E-state index in [1.807, 2.05) is 38.1 Å². The number of ketones is 1. The Morgan fingerprint density at radius 1 is 1.17 bits per heavy atom. The molecule has 0 heterocycles. The first-order chi connectivity index (χ1) is 11.3. The van der Waals surface area contributed by atoms with Crippen LogP contribution in [0, 0.1) is 5.92 Å². The zero-order valence-corrected chi connectivity index (χ0v) is 15.3. The zero-order valence-electron chi connectivity index (χ0n) is 15.3. The number of amides is 1. The lowest BCUT2D eigenvalue weighted by atomic mass is 9.99. The van der Waals surface area contributed by atoms with Gasteiger partial charge < -0.3 is 16.4 Å². The molecule has 24 heavy (non-hydrogen) atoms. The summed E-state index contributed by atoms with van der Waals surface area (Å²) in [5.41, 5.74) is 8.07. The van der Waals surface area contributed by atoms with Gasteiger partial charge in [0.15, 0.2) is 5.78 Å². The molecule has 0 saturated carbocycles. The van der Waals surface area contributed by atoms with Crippen LogP contribution in [0.4, 0.5) is 5.69 Å². The molecule has 1 aromatic rings. The molecule has 0 bridgehead atoms. The molecule has 5 nitrogen and oxygen atoms in total. The van der Waals surface area contributed by atoms with Gasteiger partial charge in [0.25, 0.3) is 0 Å². The van der Waals surface area contributed by atoms with Crippen LogP contribution in [0.25, 0.3) is 0 Å². The van der Waals surface area contributed by atoms with Crippen molar-refractivity contribution in [1.82, 2.24) is 5.32 Å². The fraction of sp³-hybridized carbons (Fsp3) is 0.579. The SMILES string of the molecule is CCCCNc1ccc(CC(N)C(=O)NC(C(C)=O)C(C)C)cc1. The van der Waals surface area contributed by atoms with Gasteiger partial charge in [-0.05, 0) is 43.4 Å². The Morgan fingerprint density at radius 3 is 2.29 bits per heavy atom. The maximum atomic E-state index is 12.2. The molecule has 1 amide bonds. The van der Waals surface area contributed by atoms with E-state index in [2.05, 4.69) is 17.6 Å². The lowest BCUT2D eigenvalue weighted by Crippen LogP contribution is -2.50. The van der Waals surface area contributed by atoms with E-state index in [1.54, 1.807) is 0 Å². The summed E-state index contributed by atoms with van der Waals surface area (Å²) < 4.78 is 0. The first-order valence-electron chi connectivity index (χ1n) is 8.74. The van der Waals surface area contributed by atoms with Crippen LogP contribution in [0.3, 0.4) is 0 Å². The molecule has 4 N–H and O–H groups in total. The quantitative estimate of drug-likeness (QED) is 0.574. The highest BCUT2D eigenvalue weighted by molar-refractivity contribution is 5.89. The third-order valence-corrected chi connectivity index (χ3v) is 4.01. The first-order valence-corrected chi connectivity index (χ1v) is 8.74. The highest BCUT2D eigenvalue weighted by Crippen LogP contribution is 2.11. The van der Waals surface area contributed by atoms with Crippen LogP contribution in [0.1, 0.15) is 46.1 Å². The van der Waals surface area contributed by atoms with Gasteiger partial charge in [-0.3, -0.25) is 9.59 Å². The van der Waals surface area contributed by atoms with Crippen molar-refractivity contribution in [3.8, 4) is 0 Å². The summed E-state index contributed by atoms with van der Waals surface area (Å²) >= 11 is 0. The maximum absolute atomic E-state index is 12.2. The number of unbranched alkanes of at least 4 members (excludes halogenated alkanes) is 1. The van der Waals surface area contributed by atoms with Crippen LogP contribution in [0.15, 0.2) is 24.3 Å². The van der Waals surface area contributed by atoms with Gasteiger partial charge in [-0.15, -0.1) is 0 Å². The molecule has 1 aromatic carbocycles. The Morgan fingerprint density at radius 2 is 1.79 bits per heavy atom. The number of nitrogens with two attached hydrogens (primary N) is 1. The van der Waals surface area contributed by atoms with E-state index in [1.165, 1.54) is 6.92 Å². The summed E-state index contributed by atoms with van der Waals surface area (Å²) in [5, 5.41) is 6.11. The van der Waals surface area contributed by atoms with Crippen molar-refractivity contribution in [1.29, 1.82) is 0 Å². The molecule has 0 aliphatic heterocycles. The number of rotatable bonds is 10. The average molecular weight is 333 g/mol. The smallest absolute Gasteiger partial charge is 0.237 e. The van der Waals surface area contributed by atoms with Crippen LogP contribution in [0.2, 0.25) is 0 Å². The summed E-state index contributed by atoms with van der Waals surface area (Å²) in [5.74, 6) is -0.283. The molecule has 2 unspecified atom stereocenters. The Balaban J connectivity index is 2.55. The number of benzene rings is 1. The highest BCUT2D eigenvalue weighted by Gasteiger charge is 2.23. The maximum Gasteiger partial charge on any atom is 0.237 e. The van der Waals surface area contributed by atoms with E-state index >= 15 is 0 Å². The fourth-order valence-electron chi connectivity index (χ4n) is 2.51. The van der Waals surface area contributed by atoms with Crippen molar-refractivity contribution in [2.75, 3.05) is 11.9 Å². The van der Waals surface area contributed by atoms with Gasteiger partial charge in [0.1, 0.15) is 0 Å². The van der Waals surface area contributed by atoms with Gasteiger partial charge in [0.2, 0.25) is 5.91 Å². The summed E-state index contributed by atoms with van der Waals surface area (Å²) in [6.45, 7) is 8.41. The number of Topliss-reactive ketones (excluding diaryl/α,β-unsaturated/α-hetero) is 1. The van der Waals surface area contributed by atoms with Crippen molar-refractivity contribution in [3.05, 3.63) is 29.8 Å². The van der Waals surface area contributed by atoms with Crippen LogP contribution in [-0.2, 0) is 16.0 Å². The molecule has 5 heteroatoms. The second-order valence-electron chi connectivity index (χ2n) is 6.63. The Labute approximate surface area is 145 Å². The number of nitrogens with one attached hydrogen (secondary N) is 2.